The fourth-order valence-electron chi connectivity index (χ4n) is 1.54. The number of hydrogen-bond donors (Lipinski definition) is 1. The molecule has 1 heterocycles. The first-order chi connectivity index (χ1) is 7.90. The van der Waals surface area contributed by atoms with Crippen molar-refractivity contribution in [1.82, 2.24) is 9.97 Å². The minimum atomic E-state index is 0.101. The lowest BCUT2D eigenvalue weighted by molar-refractivity contribution is 0.467. The molecule has 0 amide bonds. The van der Waals surface area contributed by atoms with Crippen LogP contribution in [-0.4, -0.2) is 29.1 Å². The molecule has 0 bridgehead atoms. The van der Waals surface area contributed by atoms with Crippen LogP contribution in [0.2, 0.25) is 0 Å². The van der Waals surface area contributed by atoms with E-state index in [0.717, 1.165) is 30.4 Å². The van der Waals surface area contributed by atoms with Gasteiger partial charge in [-0.25, -0.2) is 9.97 Å². The molecule has 4 heteroatoms. The first kappa shape index (κ1) is 13.7. The quantitative estimate of drug-likeness (QED) is 0.853. The summed E-state index contributed by atoms with van der Waals surface area (Å²) in [5, 5.41) is 3.24. The van der Waals surface area contributed by atoms with Crippen LogP contribution in [0.25, 0.3) is 0 Å². The van der Waals surface area contributed by atoms with Crippen molar-refractivity contribution >= 4 is 11.6 Å². The average Bonchev–Trinajstić information content (AvgIpc) is 2.27. The minimum absolute atomic E-state index is 0.101. The molecular formula is C13H24N4. The predicted molar refractivity (Wildman–Crippen MR) is 73.7 cm³/mol. The molecule has 0 aromatic carbocycles. The van der Waals surface area contributed by atoms with Crippen molar-refractivity contribution in [2.45, 2.75) is 46.6 Å². The second-order valence-electron chi connectivity index (χ2n) is 4.91. The van der Waals surface area contributed by atoms with E-state index in [1.807, 2.05) is 13.0 Å². The molecule has 0 unspecified atom stereocenters. The summed E-state index contributed by atoms with van der Waals surface area (Å²) in [4.78, 5) is 11.1. The van der Waals surface area contributed by atoms with Crippen molar-refractivity contribution in [1.29, 1.82) is 0 Å². The van der Waals surface area contributed by atoms with E-state index in [2.05, 4.69) is 54.9 Å². The van der Waals surface area contributed by atoms with E-state index in [9.17, 15) is 0 Å². The molecule has 0 radical (unpaired) electrons. The highest BCUT2D eigenvalue weighted by molar-refractivity contribution is 5.50. The Morgan fingerprint density at radius 3 is 2.47 bits per heavy atom. The van der Waals surface area contributed by atoms with Crippen LogP contribution >= 0.6 is 0 Å². The zero-order valence-electron chi connectivity index (χ0n) is 11.8. The lowest BCUT2D eigenvalue weighted by atomic mass is 10.00. The molecule has 1 N–H and O–H groups in total. The Labute approximate surface area is 104 Å². The zero-order chi connectivity index (χ0) is 13.1. The van der Waals surface area contributed by atoms with Gasteiger partial charge in [0, 0.05) is 25.2 Å². The summed E-state index contributed by atoms with van der Waals surface area (Å²) < 4.78 is 0. The topological polar surface area (TPSA) is 41.0 Å². The van der Waals surface area contributed by atoms with Gasteiger partial charge in [0.1, 0.15) is 17.5 Å². The highest BCUT2D eigenvalue weighted by atomic mass is 15.2. The summed E-state index contributed by atoms with van der Waals surface area (Å²) in [7, 11) is 2.08. The van der Waals surface area contributed by atoms with Gasteiger partial charge in [-0.15, -0.1) is 0 Å². The number of anilines is 2. The summed E-state index contributed by atoms with van der Waals surface area (Å²) in [6.07, 6.45) is 1.07. The fourth-order valence-corrected chi connectivity index (χ4v) is 1.54. The van der Waals surface area contributed by atoms with Crippen molar-refractivity contribution in [2.75, 3.05) is 23.8 Å². The molecular weight excluding hydrogens is 212 g/mol. The Morgan fingerprint density at radius 2 is 1.94 bits per heavy atom. The Kier molecular flexibility index (Phi) is 4.32. The van der Waals surface area contributed by atoms with Crippen molar-refractivity contribution in [3.05, 3.63) is 11.9 Å². The van der Waals surface area contributed by atoms with Crippen LogP contribution in [0.4, 0.5) is 11.6 Å². The smallest absolute Gasteiger partial charge is 0.134 e. The number of aryl methyl sites for hydroxylation is 1. The average molecular weight is 236 g/mol. The number of nitrogens with zero attached hydrogens (tertiary/aromatic N) is 3. The highest BCUT2D eigenvalue weighted by Crippen LogP contribution is 2.24. The van der Waals surface area contributed by atoms with Crippen LogP contribution < -0.4 is 10.2 Å². The van der Waals surface area contributed by atoms with Gasteiger partial charge in [0.15, 0.2) is 0 Å². The number of nitrogens with one attached hydrogen (secondary N) is 1. The maximum atomic E-state index is 4.51. The molecule has 4 nitrogen and oxygen atoms in total. The normalized spacial score (nSPS) is 11.4. The molecule has 1 aromatic heterocycles. The van der Waals surface area contributed by atoms with Gasteiger partial charge >= 0.3 is 0 Å². The van der Waals surface area contributed by atoms with Gasteiger partial charge in [-0.2, -0.15) is 0 Å². The van der Waals surface area contributed by atoms with E-state index >= 15 is 0 Å². The molecule has 0 saturated carbocycles. The lowest BCUT2D eigenvalue weighted by Crippen LogP contribution is -2.41. The third-order valence-electron chi connectivity index (χ3n) is 3.30. The van der Waals surface area contributed by atoms with Crippen LogP contribution in [0, 0.1) is 6.92 Å². The first-order valence-corrected chi connectivity index (χ1v) is 6.24. The van der Waals surface area contributed by atoms with Crippen molar-refractivity contribution in [3.63, 3.8) is 0 Å². The third-order valence-corrected chi connectivity index (χ3v) is 3.30. The van der Waals surface area contributed by atoms with E-state index in [0.29, 0.717) is 0 Å². The number of rotatable bonds is 5. The minimum Gasteiger partial charge on any atom is -0.370 e. The molecule has 17 heavy (non-hydrogen) atoms. The molecule has 0 atom stereocenters. The molecule has 1 rings (SSSR count). The van der Waals surface area contributed by atoms with Gasteiger partial charge in [-0.05, 0) is 34.1 Å². The van der Waals surface area contributed by atoms with Crippen LogP contribution in [0.3, 0.4) is 0 Å². The standard InChI is InChI=1S/C13H24N4/c1-7-13(4,5)17(6)12-9-11(14-8-2)15-10(3)16-12/h9H,7-8H2,1-6H3,(H,14,15,16). The lowest BCUT2D eigenvalue weighted by Gasteiger charge is -2.36. The largest absolute Gasteiger partial charge is 0.370 e. The summed E-state index contributed by atoms with van der Waals surface area (Å²) >= 11 is 0. The summed E-state index contributed by atoms with van der Waals surface area (Å²) in [6.45, 7) is 11.5. The molecule has 0 saturated heterocycles. The van der Waals surface area contributed by atoms with E-state index in [1.165, 1.54) is 0 Å². The maximum absolute atomic E-state index is 4.51. The van der Waals surface area contributed by atoms with Crippen LogP contribution in [0.5, 0.6) is 0 Å². The molecule has 0 aliphatic heterocycles. The van der Waals surface area contributed by atoms with Gasteiger partial charge in [0.25, 0.3) is 0 Å². The monoisotopic (exact) mass is 236 g/mol. The number of aromatic nitrogens is 2. The SMILES string of the molecule is CCNc1cc(N(C)C(C)(C)CC)nc(C)n1. The van der Waals surface area contributed by atoms with E-state index in [-0.39, 0.29) is 5.54 Å². The second-order valence-corrected chi connectivity index (χ2v) is 4.91. The molecule has 1 aromatic rings. The molecule has 0 aliphatic carbocycles. The molecule has 96 valence electrons. The van der Waals surface area contributed by atoms with Crippen LogP contribution in [0.15, 0.2) is 6.07 Å². The van der Waals surface area contributed by atoms with E-state index < -0.39 is 0 Å². The summed E-state index contributed by atoms with van der Waals surface area (Å²) in [6, 6.07) is 2.01. The zero-order valence-corrected chi connectivity index (χ0v) is 11.8. The summed E-state index contributed by atoms with van der Waals surface area (Å²) in [5.74, 6) is 2.67. The van der Waals surface area contributed by atoms with Crippen molar-refractivity contribution in [3.8, 4) is 0 Å². The summed E-state index contributed by atoms with van der Waals surface area (Å²) in [5.41, 5.74) is 0.101. The Bertz CT molecular complexity index is 374. The predicted octanol–water partition coefficient (Wildman–Crippen LogP) is 2.84. The van der Waals surface area contributed by atoms with E-state index in [4.69, 9.17) is 0 Å². The first-order valence-electron chi connectivity index (χ1n) is 6.24. The highest BCUT2D eigenvalue weighted by Gasteiger charge is 2.22. The van der Waals surface area contributed by atoms with Gasteiger partial charge in [0.05, 0.1) is 0 Å². The van der Waals surface area contributed by atoms with Gasteiger partial charge in [0.2, 0.25) is 0 Å². The van der Waals surface area contributed by atoms with Crippen LogP contribution in [-0.2, 0) is 0 Å². The second kappa shape index (κ2) is 5.34. The third kappa shape index (κ3) is 3.32. The van der Waals surface area contributed by atoms with Gasteiger partial charge in [-0.3, -0.25) is 0 Å². The van der Waals surface area contributed by atoms with Gasteiger partial charge in [-0.1, -0.05) is 6.92 Å². The molecule has 0 aliphatic rings. The molecule has 0 fully saturated rings. The number of hydrogen-bond acceptors (Lipinski definition) is 4. The molecule has 0 spiro atoms. The fraction of sp³-hybridized carbons (Fsp3) is 0.692. The Balaban J connectivity index is 3.05. The van der Waals surface area contributed by atoms with Crippen molar-refractivity contribution < 1.29 is 0 Å². The van der Waals surface area contributed by atoms with E-state index in [1.54, 1.807) is 0 Å². The van der Waals surface area contributed by atoms with Crippen LogP contribution in [0.1, 0.15) is 39.9 Å². The Morgan fingerprint density at radius 1 is 1.29 bits per heavy atom. The maximum Gasteiger partial charge on any atom is 0.134 e. The Hall–Kier alpha value is -1.32. The van der Waals surface area contributed by atoms with Crippen molar-refractivity contribution in [2.24, 2.45) is 0 Å². The van der Waals surface area contributed by atoms with Gasteiger partial charge < -0.3 is 10.2 Å².